The first-order chi connectivity index (χ1) is 8.93. The van der Waals surface area contributed by atoms with Crippen LogP contribution in [0.4, 0.5) is 5.69 Å². The summed E-state index contributed by atoms with van der Waals surface area (Å²) in [5, 5.41) is 0. The molecule has 2 heterocycles. The van der Waals surface area contributed by atoms with E-state index in [9.17, 15) is 8.42 Å². The zero-order valence-corrected chi connectivity index (χ0v) is 12.2. The van der Waals surface area contributed by atoms with Crippen molar-refractivity contribution < 1.29 is 8.42 Å². The van der Waals surface area contributed by atoms with Gasteiger partial charge in [-0.2, -0.15) is 0 Å². The summed E-state index contributed by atoms with van der Waals surface area (Å²) >= 11 is 0. The summed E-state index contributed by atoms with van der Waals surface area (Å²) in [5.41, 5.74) is 7.74. The number of anilines is 1. The third-order valence-corrected chi connectivity index (χ3v) is 5.50. The van der Waals surface area contributed by atoms with Gasteiger partial charge in [0, 0.05) is 19.1 Å². The Morgan fingerprint density at radius 1 is 1.53 bits per heavy atom. The highest BCUT2D eigenvalue weighted by Crippen LogP contribution is 2.23. The largest absolute Gasteiger partial charge is 0.369 e. The van der Waals surface area contributed by atoms with Crippen LogP contribution in [-0.2, 0) is 9.84 Å². The van der Waals surface area contributed by atoms with E-state index in [0.29, 0.717) is 6.42 Å². The number of hydrogen-bond donors (Lipinski definition) is 1. The highest BCUT2D eigenvalue weighted by molar-refractivity contribution is 7.91. The van der Waals surface area contributed by atoms with Crippen LogP contribution in [0.5, 0.6) is 0 Å². The molecule has 6 heteroatoms. The van der Waals surface area contributed by atoms with Crippen molar-refractivity contribution in [1.29, 1.82) is 0 Å². The number of pyridine rings is 1. The summed E-state index contributed by atoms with van der Waals surface area (Å²) in [5.74, 6) is 0.522. The fraction of sp³-hybridized carbons (Fsp3) is 0.615. The molecule has 5 nitrogen and oxygen atoms in total. The molecule has 0 bridgehead atoms. The minimum absolute atomic E-state index is 0.0359. The van der Waals surface area contributed by atoms with Gasteiger partial charge in [-0.1, -0.05) is 6.92 Å². The smallest absolute Gasteiger partial charge is 0.152 e. The van der Waals surface area contributed by atoms with Crippen LogP contribution in [0.1, 0.15) is 31.5 Å². The summed E-state index contributed by atoms with van der Waals surface area (Å²) in [6.07, 6.45) is 3.31. The summed E-state index contributed by atoms with van der Waals surface area (Å²) in [7, 11) is -0.938. The van der Waals surface area contributed by atoms with Gasteiger partial charge in [-0.3, -0.25) is 4.98 Å². The Balaban J connectivity index is 2.10. The molecular formula is C13H21N3O2S. The Bertz CT molecular complexity index is 527. The molecule has 2 atom stereocenters. The predicted octanol–water partition coefficient (Wildman–Crippen LogP) is 1.11. The van der Waals surface area contributed by atoms with Crippen LogP contribution in [-0.4, -0.2) is 38.0 Å². The Hall–Kier alpha value is -1.14. The maximum absolute atomic E-state index is 11.5. The van der Waals surface area contributed by atoms with E-state index in [1.165, 1.54) is 0 Å². The van der Waals surface area contributed by atoms with Crippen molar-refractivity contribution in [1.82, 2.24) is 4.98 Å². The van der Waals surface area contributed by atoms with Crippen molar-refractivity contribution in [2.75, 3.05) is 23.5 Å². The van der Waals surface area contributed by atoms with Crippen LogP contribution in [0.25, 0.3) is 0 Å². The van der Waals surface area contributed by atoms with Gasteiger partial charge in [0.1, 0.15) is 0 Å². The Morgan fingerprint density at radius 3 is 2.74 bits per heavy atom. The van der Waals surface area contributed by atoms with E-state index in [4.69, 9.17) is 5.73 Å². The summed E-state index contributed by atoms with van der Waals surface area (Å²) < 4.78 is 23.0. The molecule has 1 aromatic heterocycles. The average Bonchev–Trinajstić information content (AvgIpc) is 2.77. The standard InChI is InChI=1S/C13H21N3O2S/c1-3-12(14)13-5-4-10(8-15-13)16(2)11-6-7-19(17,18)9-11/h4-5,8,11-12H,3,6-7,9,14H2,1-2H3. The number of nitrogens with zero attached hydrogens (tertiary/aromatic N) is 2. The van der Waals surface area contributed by atoms with E-state index >= 15 is 0 Å². The lowest BCUT2D eigenvalue weighted by Gasteiger charge is -2.25. The normalized spacial score (nSPS) is 23.2. The molecule has 0 aromatic carbocycles. The first-order valence-corrected chi connectivity index (χ1v) is 8.40. The second-order valence-electron chi connectivity index (χ2n) is 5.12. The predicted molar refractivity (Wildman–Crippen MR) is 76.9 cm³/mol. The van der Waals surface area contributed by atoms with E-state index in [1.54, 1.807) is 6.20 Å². The quantitative estimate of drug-likeness (QED) is 0.896. The minimum atomic E-state index is -2.86. The average molecular weight is 283 g/mol. The number of aromatic nitrogens is 1. The molecule has 0 aliphatic carbocycles. The maximum atomic E-state index is 11.5. The molecule has 2 N–H and O–H groups in total. The fourth-order valence-corrected chi connectivity index (χ4v) is 4.10. The van der Waals surface area contributed by atoms with Gasteiger partial charge in [-0.05, 0) is 25.0 Å². The number of nitrogens with two attached hydrogens (primary N) is 1. The van der Waals surface area contributed by atoms with Gasteiger partial charge in [-0.15, -0.1) is 0 Å². The van der Waals surface area contributed by atoms with Crippen molar-refractivity contribution in [3.8, 4) is 0 Å². The second-order valence-corrected chi connectivity index (χ2v) is 7.35. The molecule has 0 saturated carbocycles. The van der Waals surface area contributed by atoms with E-state index < -0.39 is 9.84 Å². The van der Waals surface area contributed by atoms with Crippen molar-refractivity contribution in [3.63, 3.8) is 0 Å². The first-order valence-electron chi connectivity index (χ1n) is 6.57. The van der Waals surface area contributed by atoms with Gasteiger partial charge < -0.3 is 10.6 Å². The van der Waals surface area contributed by atoms with E-state index in [0.717, 1.165) is 17.8 Å². The molecule has 0 amide bonds. The van der Waals surface area contributed by atoms with Gasteiger partial charge in [0.15, 0.2) is 9.84 Å². The van der Waals surface area contributed by atoms with Gasteiger partial charge in [0.2, 0.25) is 0 Å². The second kappa shape index (κ2) is 5.46. The zero-order valence-electron chi connectivity index (χ0n) is 11.4. The van der Waals surface area contributed by atoms with Crippen LogP contribution in [0, 0.1) is 0 Å². The number of hydrogen-bond acceptors (Lipinski definition) is 5. The molecule has 0 radical (unpaired) electrons. The van der Waals surface area contributed by atoms with Crippen LogP contribution in [0.2, 0.25) is 0 Å². The van der Waals surface area contributed by atoms with E-state index in [-0.39, 0.29) is 23.6 Å². The summed E-state index contributed by atoms with van der Waals surface area (Å²) in [6.45, 7) is 2.02. The molecule has 106 valence electrons. The molecule has 2 rings (SSSR count). The molecular weight excluding hydrogens is 262 g/mol. The van der Waals surface area contributed by atoms with E-state index in [2.05, 4.69) is 4.98 Å². The molecule has 1 saturated heterocycles. The van der Waals surface area contributed by atoms with Gasteiger partial charge in [0.05, 0.1) is 29.1 Å². The Labute approximate surface area is 114 Å². The highest BCUT2D eigenvalue weighted by Gasteiger charge is 2.30. The van der Waals surface area contributed by atoms with Crippen LogP contribution < -0.4 is 10.6 Å². The topological polar surface area (TPSA) is 76.3 Å². The zero-order chi connectivity index (χ0) is 14.0. The van der Waals surface area contributed by atoms with Gasteiger partial charge in [0.25, 0.3) is 0 Å². The number of rotatable bonds is 4. The minimum Gasteiger partial charge on any atom is -0.369 e. The van der Waals surface area contributed by atoms with Crippen molar-refractivity contribution in [2.24, 2.45) is 5.73 Å². The third kappa shape index (κ3) is 3.25. The number of sulfone groups is 1. The Morgan fingerprint density at radius 2 is 2.26 bits per heavy atom. The molecule has 1 aliphatic heterocycles. The van der Waals surface area contributed by atoms with Crippen LogP contribution in [0.15, 0.2) is 18.3 Å². The molecule has 2 unspecified atom stereocenters. The molecule has 19 heavy (non-hydrogen) atoms. The third-order valence-electron chi connectivity index (χ3n) is 3.75. The monoisotopic (exact) mass is 283 g/mol. The lowest BCUT2D eigenvalue weighted by molar-refractivity contribution is 0.601. The van der Waals surface area contributed by atoms with Crippen molar-refractivity contribution in [3.05, 3.63) is 24.0 Å². The fourth-order valence-electron chi connectivity index (χ4n) is 2.33. The molecule has 1 aromatic rings. The summed E-state index contributed by atoms with van der Waals surface area (Å²) in [4.78, 5) is 6.36. The summed E-state index contributed by atoms with van der Waals surface area (Å²) in [6, 6.07) is 3.90. The van der Waals surface area contributed by atoms with Crippen LogP contribution in [0.3, 0.4) is 0 Å². The molecule has 1 fully saturated rings. The maximum Gasteiger partial charge on any atom is 0.152 e. The lowest BCUT2D eigenvalue weighted by atomic mass is 10.1. The van der Waals surface area contributed by atoms with Crippen molar-refractivity contribution in [2.45, 2.75) is 31.8 Å². The van der Waals surface area contributed by atoms with Crippen molar-refractivity contribution >= 4 is 15.5 Å². The van der Waals surface area contributed by atoms with Gasteiger partial charge >= 0.3 is 0 Å². The van der Waals surface area contributed by atoms with E-state index in [1.807, 2.05) is 31.0 Å². The SMILES string of the molecule is CCC(N)c1ccc(N(C)C2CCS(=O)(=O)C2)cn1. The molecule has 0 spiro atoms. The van der Waals surface area contributed by atoms with Gasteiger partial charge in [-0.25, -0.2) is 8.42 Å². The Kier molecular flexibility index (Phi) is 4.10. The van der Waals surface area contributed by atoms with Crippen LogP contribution >= 0.6 is 0 Å². The highest BCUT2D eigenvalue weighted by atomic mass is 32.2. The molecule has 1 aliphatic rings. The lowest BCUT2D eigenvalue weighted by Crippen LogP contribution is -2.32. The first kappa shape index (κ1) is 14.3.